The number of fused-ring (bicyclic) bond motifs is 1. The number of nitrogens with zero attached hydrogens (tertiary/aromatic N) is 3. The molecule has 1 atom stereocenters. The highest BCUT2D eigenvalue weighted by Crippen LogP contribution is 2.34. The zero-order chi connectivity index (χ0) is 19.2. The summed E-state index contributed by atoms with van der Waals surface area (Å²) < 4.78 is 0. The fourth-order valence-corrected chi connectivity index (χ4v) is 3.44. The minimum absolute atomic E-state index is 0.0883. The summed E-state index contributed by atoms with van der Waals surface area (Å²) in [5, 5.41) is 24.7. The Bertz CT molecular complexity index is 981. The lowest BCUT2D eigenvalue weighted by atomic mass is 10.1. The molecule has 0 spiro atoms. The Kier molecular flexibility index (Phi) is 5.96. The Labute approximate surface area is 160 Å². The number of aliphatic hydroxyl groups excluding tert-OH is 1. The number of hydrogen-bond donors (Lipinski definition) is 3. The number of rotatable bonds is 7. The van der Waals surface area contributed by atoms with Crippen LogP contribution in [0.5, 0.6) is 0 Å². The van der Waals surface area contributed by atoms with Crippen molar-refractivity contribution < 1.29 is 9.90 Å². The van der Waals surface area contributed by atoms with E-state index < -0.39 is 0 Å². The highest BCUT2D eigenvalue weighted by atomic mass is 32.1. The summed E-state index contributed by atoms with van der Waals surface area (Å²) in [6.45, 7) is 1.98. The summed E-state index contributed by atoms with van der Waals surface area (Å²) in [5.41, 5.74) is 2.44. The summed E-state index contributed by atoms with van der Waals surface area (Å²) in [5.74, 6) is -0.332. The van der Waals surface area contributed by atoms with E-state index in [9.17, 15) is 9.90 Å². The van der Waals surface area contributed by atoms with Crippen LogP contribution >= 0.6 is 11.3 Å². The van der Waals surface area contributed by atoms with Gasteiger partial charge in [-0.05, 0) is 6.92 Å². The van der Waals surface area contributed by atoms with Crippen molar-refractivity contribution in [3.8, 4) is 16.6 Å². The van der Waals surface area contributed by atoms with Crippen molar-refractivity contribution in [1.29, 1.82) is 5.26 Å². The van der Waals surface area contributed by atoms with E-state index in [1.54, 1.807) is 0 Å². The number of carbonyl (C=O) groups is 1. The maximum Gasteiger partial charge on any atom is 0.255 e. The topological polar surface area (TPSA) is 111 Å². The van der Waals surface area contributed by atoms with Crippen molar-refractivity contribution in [2.24, 2.45) is 0 Å². The molecule has 0 saturated heterocycles. The van der Waals surface area contributed by atoms with Crippen LogP contribution in [0.3, 0.4) is 0 Å². The standard InChI is InChI=1S/C19H19N5O2S/c1-12(11-25)23-15-14(17(26)21-9-5-8-20)10-22-19-16(15)24-18(27-19)13-6-3-2-4-7-13/h2-4,6-7,10,12,25H,5,9,11H2,1H3,(H,21,26)(H,22,23)/t12-/m1/s1. The monoisotopic (exact) mass is 381 g/mol. The number of anilines is 1. The van der Waals surface area contributed by atoms with Gasteiger partial charge in [-0.3, -0.25) is 4.79 Å². The smallest absolute Gasteiger partial charge is 0.255 e. The number of aliphatic hydroxyl groups is 1. The summed E-state index contributed by atoms with van der Waals surface area (Å²) in [6.07, 6.45) is 1.73. The first-order valence-corrected chi connectivity index (χ1v) is 9.33. The molecule has 138 valence electrons. The second-order valence-corrected chi connectivity index (χ2v) is 6.96. The molecule has 0 bridgehead atoms. The molecule has 0 aliphatic rings. The van der Waals surface area contributed by atoms with Crippen LogP contribution in [0.4, 0.5) is 5.69 Å². The Morgan fingerprint density at radius 1 is 1.37 bits per heavy atom. The van der Waals surface area contributed by atoms with Gasteiger partial charge in [-0.2, -0.15) is 5.26 Å². The Morgan fingerprint density at radius 3 is 2.85 bits per heavy atom. The van der Waals surface area contributed by atoms with Gasteiger partial charge in [0.25, 0.3) is 5.91 Å². The van der Waals surface area contributed by atoms with Gasteiger partial charge in [-0.1, -0.05) is 41.7 Å². The largest absolute Gasteiger partial charge is 0.394 e. The zero-order valence-electron chi connectivity index (χ0n) is 14.8. The second kappa shape index (κ2) is 8.58. The molecule has 8 heteroatoms. The van der Waals surface area contributed by atoms with E-state index >= 15 is 0 Å². The molecular formula is C19H19N5O2S. The molecule has 0 aliphatic heterocycles. The molecular weight excluding hydrogens is 362 g/mol. The molecule has 2 heterocycles. The molecule has 1 amide bonds. The van der Waals surface area contributed by atoms with Gasteiger partial charge in [-0.25, -0.2) is 9.97 Å². The van der Waals surface area contributed by atoms with E-state index in [0.717, 1.165) is 10.6 Å². The van der Waals surface area contributed by atoms with Crippen molar-refractivity contribution in [2.75, 3.05) is 18.5 Å². The molecule has 0 saturated carbocycles. The van der Waals surface area contributed by atoms with Gasteiger partial charge in [0.05, 0.1) is 30.3 Å². The van der Waals surface area contributed by atoms with E-state index in [-0.39, 0.29) is 31.5 Å². The van der Waals surface area contributed by atoms with Crippen LogP contribution in [0, 0.1) is 11.3 Å². The van der Waals surface area contributed by atoms with Crippen molar-refractivity contribution in [3.63, 3.8) is 0 Å². The summed E-state index contributed by atoms with van der Waals surface area (Å²) in [7, 11) is 0. The summed E-state index contributed by atoms with van der Waals surface area (Å²) >= 11 is 1.44. The lowest BCUT2D eigenvalue weighted by Crippen LogP contribution is -2.27. The zero-order valence-corrected chi connectivity index (χ0v) is 15.6. The van der Waals surface area contributed by atoms with E-state index in [2.05, 4.69) is 20.6 Å². The van der Waals surface area contributed by atoms with Crippen molar-refractivity contribution in [2.45, 2.75) is 19.4 Å². The molecule has 3 aromatic rings. The SMILES string of the molecule is C[C@H](CO)Nc1c(C(=O)NCCC#N)cnc2sc(-c3ccccc3)nc12. The molecule has 27 heavy (non-hydrogen) atoms. The van der Waals surface area contributed by atoms with Crippen molar-refractivity contribution >= 4 is 33.3 Å². The molecule has 3 N–H and O–H groups in total. The van der Waals surface area contributed by atoms with E-state index in [4.69, 9.17) is 5.26 Å². The fourth-order valence-electron chi connectivity index (χ4n) is 2.52. The molecule has 0 radical (unpaired) electrons. The quantitative estimate of drug-likeness (QED) is 0.543. The van der Waals surface area contributed by atoms with E-state index in [1.807, 2.05) is 43.3 Å². The summed E-state index contributed by atoms with van der Waals surface area (Å²) in [6, 6.07) is 11.5. The van der Waals surface area contributed by atoms with Crippen LogP contribution in [-0.4, -0.2) is 40.2 Å². The number of thiazole rings is 1. The molecule has 7 nitrogen and oxygen atoms in total. The van der Waals surface area contributed by atoms with Gasteiger partial charge < -0.3 is 15.7 Å². The molecule has 0 aliphatic carbocycles. The van der Waals surface area contributed by atoms with Gasteiger partial charge in [0.2, 0.25) is 0 Å². The van der Waals surface area contributed by atoms with Gasteiger partial charge in [-0.15, -0.1) is 0 Å². The van der Waals surface area contributed by atoms with Crippen LogP contribution in [0.15, 0.2) is 36.5 Å². The highest BCUT2D eigenvalue weighted by Gasteiger charge is 2.20. The summed E-state index contributed by atoms with van der Waals surface area (Å²) in [4.78, 5) is 22.3. The average Bonchev–Trinajstić information content (AvgIpc) is 3.13. The number of pyridine rings is 1. The number of nitrogens with one attached hydrogen (secondary N) is 2. The van der Waals surface area contributed by atoms with Crippen molar-refractivity contribution in [3.05, 3.63) is 42.1 Å². The van der Waals surface area contributed by atoms with E-state index in [1.165, 1.54) is 17.5 Å². The number of benzene rings is 1. The minimum atomic E-state index is -0.332. The molecule has 2 aromatic heterocycles. The van der Waals surface area contributed by atoms with Crippen LogP contribution in [0.25, 0.3) is 20.9 Å². The molecule has 0 fully saturated rings. The Morgan fingerprint density at radius 2 is 2.15 bits per heavy atom. The molecule has 0 unspecified atom stereocenters. The first-order valence-electron chi connectivity index (χ1n) is 8.51. The number of hydrogen-bond acceptors (Lipinski definition) is 7. The number of nitriles is 1. The molecule has 1 aromatic carbocycles. The third-order valence-corrected chi connectivity index (χ3v) is 4.89. The fraction of sp³-hybridized carbons (Fsp3) is 0.263. The van der Waals surface area contributed by atoms with E-state index in [0.29, 0.717) is 21.6 Å². The van der Waals surface area contributed by atoms with Crippen LogP contribution in [-0.2, 0) is 0 Å². The third kappa shape index (κ3) is 4.22. The minimum Gasteiger partial charge on any atom is -0.394 e. The number of carbonyl (C=O) groups excluding carboxylic acids is 1. The number of aromatic nitrogens is 2. The van der Waals surface area contributed by atoms with Crippen molar-refractivity contribution in [1.82, 2.24) is 15.3 Å². The van der Waals surface area contributed by atoms with Crippen LogP contribution in [0.2, 0.25) is 0 Å². The lowest BCUT2D eigenvalue weighted by molar-refractivity contribution is 0.0955. The number of amides is 1. The van der Waals surface area contributed by atoms with Gasteiger partial charge >= 0.3 is 0 Å². The van der Waals surface area contributed by atoms with Crippen LogP contribution in [0.1, 0.15) is 23.7 Å². The predicted octanol–water partition coefficient (Wildman–Crippen LogP) is 2.79. The Balaban J connectivity index is 2.05. The molecule has 3 rings (SSSR count). The maximum atomic E-state index is 12.5. The predicted molar refractivity (Wildman–Crippen MR) is 106 cm³/mol. The van der Waals surface area contributed by atoms with Gasteiger partial charge in [0, 0.05) is 24.3 Å². The van der Waals surface area contributed by atoms with Gasteiger partial charge in [0.1, 0.15) is 15.4 Å². The third-order valence-electron chi connectivity index (χ3n) is 3.88. The van der Waals surface area contributed by atoms with Gasteiger partial charge in [0.15, 0.2) is 0 Å². The first kappa shape index (κ1) is 18.8. The first-order chi connectivity index (χ1) is 13.1. The van der Waals surface area contributed by atoms with Crippen LogP contribution < -0.4 is 10.6 Å². The normalized spacial score (nSPS) is 11.7. The second-order valence-electron chi connectivity index (χ2n) is 5.98. The lowest BCUT2D eigenvalue weighted by Gasteiger charge is -2.16. The Hall–Kier alpha value is -3.02. The highest BCUT2D eigenvalue weighted by molar-refractivity contribution is 7.21. The maximum absolute atomic E-state index is 12.5. The average molecular weight is 381 g/mol.